The van der Waals surface area contributed by atoms with Crippen LogP contribution in [0.25, 0.3) is 0 Å². The predicted octanol–water partition coefficient (Wildman–Crippen LogP) is 2.96. The van der Waals surface area contributed by atoms with Gasteiger partial charge in [-0.3, -0.25) is 10.1 Å². The van der Waals surface area contributed by atoms with Crippen molar-refractivity contribution >= 4 is 27.3 Å². The van der Waals surface area contributed by atoms with Gasteiger partial charge in [-0.15, -0.1) is 0 Å². The Hall–Kier alpha value is -1.34. The molecule has 0 aliphatic carbocycles. The Morgan fingerprint density at radius 2 is 2.16 bits per heavy atom. The summed E-state index contributed by atoms with van der Waals surface area (Å²) in [4.78, 5) is 10.8. The first-order valence-electron chi connectivity index (χ1n) is 5.98. The monoisotopic (exact) mass is 330 g/mol. The molecule has 1 N–H and O–H groups in total. The molecule has 1 aromatic carbocycles. The summed E-state index contributed by atoms with van der Waals surface area (Å²) in [7, 11) is 1.42. The lowest BCUT2D eigenvalue weighted by Gasteiger charge is -2.24. The molecule has 0 bridgehead atoms. The normalized spacial score (nSPS) is 16.1. The second-order valence-corrected chi connectivity index (χ2v) is 5.12. The Bertz CT molecular complexity index is 475. The highest BCUT2D eigenvalue weighted by Crippen LogP contribution is 2.41. The zero-order chi connectivity index (χ0) is 13.8. The molecule has 1 fully saturated rings. The molecule has 0 unspecified atom stereocenters. The van der Waals surface area contributed by atoms with E-state index in [2.05, 4.69) is 21.2 Å². The zero-order valence-electron chi connectivity index (χ0n) is 10.5. The van der Waals surface area contributed by atoms with E-state index in [1.807, 2.05) is 0 Å². The molecule has 1 aliphatic heterocycles. The topological polar surface area (TPSA) is 73.6 Å². The molecule has 7 heteroatoms. The minimum atomic E-state index is -0.425. The molecule has 0 spiro atoms. The van der Waals surface area contributed by atoms with Gasteiger partial charge in [-0.05, 0) is 40.9 Å². The molecule has 0 atom stereocenters. The van der Waals surface area contributed by atoms with Crippen LogP contribution in [0.15, 0.2) is 16.6 Å². The standard InChI is InChI=1S/C12H15BrN2O4/c1-18-12-9(13)2-3-10(11(12)15(16)17)14-8-4-6-19-7-5-8/h2-3,8,14H,4-7H2,1H3. The van der Waals surface area contributed by atoms with Crippen molar-refractivity contribution < 1.29 is 14.4 Å². The highest BCUT2D eigenvalue weighted by molar-refractivity contribution is 9.10. The van der Waals surface area contributed by atoms with E-state index >= 15 is 0 Å². The number of hydrogen-bond donors (Lipinski definition) is 1. The third kappa shape index (κ3) is 3.16. The first-order valence-corrected chi connectivity index (χ1v) is 6.78. The van der Waals surface area contributed by atoms with Crippen LogP contribution in [0, 0.1) is 10.1 Å². The number of rotatable bonds is 4. The van der Waals surface area contributed by atoms with Crippen LogP contribution in [0.4, 0.5) is 11.4 Å². The van der Waals surface area contributed by atoms with Crippen LogP contribution in [0.1, 0.15) is 12.8 Å². The van der Waals surface area contributed by atoms with Crippen LogP contribution in [0.3, 0.4) is 0 Å². The maximum Gasteiger partial charge on any atom is 0.334 e. The summed E-state index contributed by atoms with van der Waals surface area (Å²) in [5.74, 6) is 0.238. The number of methoxy groups -OCH3 is 1. The SMILES string of the molecule is COc1c(Br)ccc(NC2CCOCC2)c1[N+](=O)[O-]. The van der Waals surface area contributed by atoms with Crippen LogP contribution < -0.4 is 10.1 Å². The maximum atomic E-state index is 11.2. The minimum absolute atomic E-state index is 0.0385. The number of ether oxygens (including phenoxy) is 2. The van der Waals surface area contributed by atoms with Crippen LogP contribution in [0.2, 0.25) is 0 Å². The van der Waals surface area contributed by atoms with Gasteiger partial charge in [-0.2, -0.15) is 0 Å². The zero-order valence-corrected chi connectivity index (χ0v) is 12.1. The average Bonchev–Trinajstić information content (AvgIpc) is 2.41. The highest BCUT2D eigenvalue weighted by Gasteiger charge is 2.25. The van der Waals surface area contributed by atoms with Gasteiger partial charge >= 0.3 is 5.69 Å². The number of hydrogen-bond acceptors (Lipinski definition) is 5. The van der Waals surface area contributed by atoms with E-state index in [0.29, 0.717) is 23.4 Å². The van der Waals surface area contributed by atoms with Crippen molar-refractivity contribution in [2.45, 2.75) is 18.9 Å². The first kappa shape index (κ1) is 14.1. The van der Waals surface area contributed by atoms with Crippen LogP contribution >= 0.6 is 15.9 Å². The average molecular weight is 331 g/mol. The van der Waals surface area contributed by atoms with Crippen molar-refractivity contribution in [1.29, 1.82) is 0 Å². The fourth-order valence-corrected chi connectivity index (χ4v) is 2.58. The number of nitro benzene ring substituents is 1. The van der Waals surface area contributed by atoms with E-state index in [0.717, 1.165) is 12.8 Å². The molecular weight excluding hydrogens is 316 g/mol. The molecule has 0 aromatic heterocycles. The van der Waals surface area contributed by atoms with Gasteiger partial charge in [0.25, 0.3) is 0 Å². The molecule has 1 aliphatic rings. The molecule has 2 rings (SSSR count). The minimum Gasteiger partial charge on any atom is -0.489 e. The van der Waals surface area contributed by atoms with Gasteiger partial charge in [0.15, 0.2) is 0 Å². The Balaban J connectivity index is 2.30. The third-order valence-corrected chi connectivity index (χ3v) is 3.68. The Morgan fingerprint density at radius 3 is 2.74 bits per heavy atom. The summed E-state index contributed by atoms with van der Waals surface area (Å²) in [6, 6.07) is 3.63. The summed E-state index contributed by atoms with van der Waals surface area (Å²) in [5, 5.41) is 14.4. The molecule has 6 nitrogen and oxygen atoms in total. The second kappa shape index (κ2) is 6.21. The fraction of sp³-hybridized carbons (Fsp3) is 0.500. The quantitative estimate of drug-likeness (QED) is 0.678. The predicted molar refractivity (Wildman–Crippen MR) is 74.8 cm³/mol. The lowest BCUT2D eigenvalue weighted by Crippen LogP contribution is -2.28. The Labute approximate surface area is 119 Å². The van der Waals surface area contributed by atoms with Crippen LogP contribution in [-0.4, -0.2) is 31.3 Å². The number of nitrogens with one attached hydrogen (secondary N) is 1. The molecule has 0 amide bonds. The van der Waals surface area contributed by atoms with Crippen molar-refractivity contribution in [2.75, 3.05) is 25.6 Å². The van der Waals surface area contributed by atoms with Gasteiger partial charge in [0, 0.05) is 19.3 Å². The molecule has 0 saturated carbocycles. The largest absolute Gasteiger partial charge is 0.489 e. The van der Waals surface area contributed by atoms with E-state index < -0.39 is 4.92 Å². The smallest absolute Gasteiger partial charge is 0.334 e. The van der Waals surface area contributed by atoms with E-state index in [-0.39, 0.29) is 17.5 Å². The van der Waals surface area contributed by atoms with E-state index in [1.165, 1.54) is 7.11 Å². The van der Waals surface area contributed by atoms with Crippen molar-refractivity contribution in [3.8, 4) is 5.75 Å². The van der Waals surface area contributed by atoms with Gasteiger partial charge in [0.1, 0.15) is 5.69 Å². The molecule has 1 saturated heterocycles. The molecule has 1 heterocycles. The highest BCUT2D eigenvalue weighted by atomic mass is 79.9. The van der Waals surface area contributed by atoms with Gasteiger partial charge in [0.2, 0.25) is 5.75 Å². The summed E-state index contributed by atoms with van der Waals surface area (Å²) < 4.78 is 11.0. The summed E-state index contributed by atoms with van der Waals surface area (Å²) in [6.07, 6.45) is 1.69. The van der Waals surface area contributed by atoms with Gasteiger partial charge in [-0.1, -0.05) is 0 Å². The number of halogens is 1. The molecule has 104 valence electrons. The second-order valence-electron chi connectivity index (χ2n) is 4.26. The van der Waals surface area contributed by atoms with Crippen molar-refractivity contribution in [3.63, 3.8) is 0 Å². The molecule has 19 heavy (non-hydrogen) atoms. The number of nitrogens with zero attached hydrogens (tertiary/aromatic N) is 1. The van der Waals surface area contributed by atoms with Crippen LogP contribution in [-0.2, 0) is 4.74 Å². The summed E-state index contributed by atoms with van der Waals surface area (Å²) in [6.45, 7) is 1.36. The molecular formula is C12H15BrN2O4. The van der Waals surface area contributed by atoms with Crippen molar-refractivity contribution in [2.24, 2.45) is 0 Å². The van der Waals surface area contributed by atoms with Gasteiger partial charge in [0.05, 0.1) is 16.5 Å². The molecule has 1 aromatic rings. The van der Waals surface area contributed by atoms with E-state index in [4.69, 9.17) is 9.47 Å². The Morgan fingerprint density at radius 1 is 1.47 bits per heavy atom. The van der Waals surface area contributed by atoms with E-state index in [1.54, 1.807) is 12.1 Å². The first-order chi connectivity index (χ1) is 9.13. The van der Waals surface area contributed by atoms with Gasteiger partial charge in [-0.25, -0.2) is 0 Å². The third-order valence-electron chi connectivity index (χ3n) is 3.05. The van der Waals surface area contributed by atoms with Crippen LogP contribution in [0.5, 0.6) is 5.75 Å². The maximum absolute atomic E-state index is 11.2. The number of benzene rings is 1. The summed E-state index contributed by atoms with van der Waals surface area (Å²) in [5.41, 5.74) is 0.445. The summed E-state index contributed by atoms with van der Waals surface area (Å²) >= 11 is 3.26. The fourth-order valence-electron chi connectivity index (χ4n) is 2.10. The number of anilines is 1. The van der Waals surface area contributed by atoms with E-state index in [9.17, 15) is 10.1 Å². The number of nitro groups is 1. The lowest BCUT2D eigenvalue weighted by molar-refractivity contribution is -0.384. The lowest BCUT2D eigenvalue weighted by atomic mass is 10.1. The Kier molecular flexibility index (Phi) is 4.60. The molecule has 0 radical (unpaired) electrons. The van der Waals surface area contributed by atoms with Crippen molar-refractivity contribution in [3.05, 3.63) is 26.7 Å². The van der Waals surface area contributed by atoms with Crippen molar-refractivity contribution in [1.82, 2.24) is 0 Å². The van der Waals surface area contributed by atoms with Gasteiger partial charge < -0.3 is 14.8 Å².